The highest BCUT2D eigenvalue weighted by atomic mass is 15.2. The Morgan fingerprint density at radius 2 is 1.00 bits per heavy atom. The Balaban J connectivity index is 1.17. The minimum atomic E-state index is -0.0696. The van der Waals surface area contributed by atoms with Gasteiger partial charge in [-0.3, -0.25) is 5.32 Å². The Bertz CT molecular complexity index is 2780. The van der Waals surface area contributed by atoms with Crippen molar-refractivity contribution in [2.24, 2.45) is 0 Å². The first kappa shape index (κ1) is 28.8. The fourth-order valence-electron chi connectivity index (χ4n) is 8.14. The van der Waals surface area contributed by atoms with E-state index in [0.29, 0.717) is 0 Å². The molecule has 0 fully saturated rings. The fraction of sp³-hybridized carbons (Fsp3) is 0.0417. The largest absolute Gasteiger partial charge is 0.366 e. The molecule has 0 saturated carbocycles. The number of benzene rings is 9. The average molecular weight is 639 g/mol. The topological polar surface area (TPSA) is 24.1 Å². The summed E-state index contributed by atoms with van der Waals surface area (Å²) in [5.41, 5.74) is 7.26. The van der Waals surface area contributed by atoms with Crippen molar-refractivity contribution in [2.75, 3.05) is 0 Å². The van der Waals surface area contributed by atoms with Gasteiger partial charge in [0, 0.05) is 5.70 Å². The molecule has 2 atom stereocenters. The Hall–Kier alpha value is -6.22. The van der Waals surface area contributed by atoms with E-state index in [0.717, 1.165) is 5.70 Å². The number of nitrogens with one attached hydrogen (secondary N) is 2. The van der Waals surface area contributed by atoms with Gasteiger partial charge in [-0.15, -0.1) is 0 Å². The van der Waals surface area contributed by atoms with Crippen molar-refractivity contribution in [3.8, 4) is 11.1 Å². The van der Waals surface area contributed by atoms with Crippen LogP contribution in [-0.4, -0.2) is 0 Å². The molecule has 9 aromatic rings. The summed E-state index contributed by atoms with van der Waals surface area (Å²) in [5.74, 6) is 0. The van der Waals surface area contributed by atoms with E-state index in [-0.39, 0.29) is 12.2 Å². The molecule has 2 heteroatoms. The summed E-state index contributed by atoms with van der Waals surface area (Å²) in [6.07, 6.45) is 2.31. The molecule has 9 aromatic carbocycles. The third-order valence-corrected chi connectivity index (χ3v) is 10.5. The predicted molar refractivity (Wildman–Crippen MR) is 212 cm³/mol. The van der Waals surface area contributed by atoms with Gasteiger partial charge < -0.3 is 5.32 Å². The normalized spacial score (nSPS) is 16.2. The molecule has 2 N–H and O–H groups in total. The molecule has 0 bridgehead atoms. The van der Waals surface area contributed by atoms with Gasteiger partial charge in [0.2, 0.25) is 0 Å². The minimum Gasteiger partial charge on any atom is -0.366 e. The van der Waals surface area contributed by atoms with Crippen molar-refractivity contribution in [3.05, 3.63) is 199 Å². The highest BCUT2D eigenvalue weighted by molar-refractivity contribution is 6.20. The van der Waals surface area contributed by atoms with E-state index >= 15 is 0 Å². The molecule has 0 amide bonds. The summed E-state index contributed by atoms with van der Waals surface area (Å²) in [4.78, 5) is 0. The second-order valence-corrected chi connectivity index (χ2v) is 13.4. The molecule has 1 aliphatic heterocycles. The van der Waals surface area contributed by atoms with Crippen molar-refractivity contribution in [2.45, 2.75) is 12.2 Å². The van der Waals surface area contributed by atoms with Crippen LogP contribution in [-0.2, 0) is 0 Å². The summed E-state index contributed by atoms with van der Waals surface area (Å²) < 4.78 is 0. The second kappa shape index (κ2) is 11.7. The van der Waals surface area contributed by atoms with Crippen LogP contribution < -0.4 is 10.6 Å². The van der Waals surface area contributed by atoms with Crippen LogP contribution >= 0.6 is 0 Å². The monoisotopic (exact) mass is 638 g/mol. The van der Waals surface area contributed by atoms with Crippen LogP contribution in [0.4, 0.5) is 0 Å². The van der Waals surface area contributed by atoms with Gasteiger partial charge in [-0.05, 0) is 106 Å². The first-order valence-electron chi connectivity index (χ1n) is 17.4. The van der Waals surface area contributed by atoms with Gasteiger partial charge in [0.05, 0.1) is 6.04 Å². The Morgan fingerprint density at radius 1 is 0.380 bits per heavy atom. The molecule has 0 radical (unpaired) electrons. The highest BCUT2D eigenvalue weighted by Crippen LogP contribution is 2.41. The van der Waals surface area contributed by atoms with Crippen molar-refractivity contribution in [1.82, 2.24) is 10.6 Å². The predicted octanol–water partition coefficient (Wildman–Crippen LogP) is 12.1. The van der Waals surface area contributed by atoms with Gasteiger partial charge in [-0.1, -0.05) is 158 Å². The highest BCUT2D eigenvalue weighted by Gasteiger charge is 2.26. The van der Waals surface area contributed by atoms with E-state index in [1.165, 1.54) is 81.7 Å². The van der Waals surface area contributed by atoms with Crippen LogP contribution in [0, 0.1) is 0 Å². The van der Waals surface area contributed by atoms with Crippen LogP contribution in [0.5, 0.6) is 0 Å². The van der Waals surface area contributed by atoms with E-state index < -0.39 is 0 Å². The van der Waals surface area contributed by atoms with E-state index in [2.05, 4.69) is 193 Å². The standard InChI is InChI=1S/C48H34N2/c1-2-14-32(15-3-1)48-49-45(30-46(50-48)44-29-33-16-5-8-21-38(33)40-23-10-11-24-41(40)44)35-18-12-19-36(27-35)47-39-22-9-6-17-34(39)28-43-37-20-7-4-13-31(37)25-26-42(43)47/h1-30,46,48-50H. The zero-order chi connectivity index (χ0) is 33.0. The maximum atomic E-state index is 3.97. The lowest BCUT2D eigenvalue weighted by Gasteiger charge is -2.34. The van der Waals surface area contributed by atoms with Crippen LogP contribution in [0.25, 0.3) is 70.7 Å². The van der Waals surface area contributed by atoms with Gasteiger partial charge in [0.1, 0.15) is 6.17 Å². The molecular weight excluding hydrogens is 605 g/mol. The van der Waals surface area contributed by atoms with Gasteiger partial charge in [-0.2, -0.15) is 0 Å². The molecule has 0 aromatic heterocycles. The van der Waals surface area contributed by atoms with Crippen molar-refractivity contribution in [1.29, 1.82) is 0 Å². The maximum absolute atomic E-state index is 3.97. The van der Waals surface area contributed by atoms with Crippen LogP contribution in [0.3, 0.4) is 0 Å². The Morgan fingerprint density at radius 3 is 1.80 bits per heavy atom. The SMILES string of the molecule is C1=C(c2cccc(-c3c4ccccc4cc4c3ccc3ccccc34)c2)NC(c2ccccc2)NC1c1cc2ccccc2c2ccccc12. The molecular formula is C48H34N2. The molecule has 0 saturated heterocycles. The number of hydrogen-bond donors (Lipinski definition) is 2. The van der Waals surface area contributed by atoms with Gasteiger partial charge in [0.15, 0.2) is 0 Å². The Kier molecular flexibility index (Phi) is 6.75. The maximum Gasteiger partial charge on any atom is 0.104 e. The molecule has 0 spiro atoms. The average Bonchev–Trinajstić information content (AvgIpc) is 3.20. The number of fused-ring (bicyclic) bond motifs is 7. The lowest BCUT2D eigenvalue weighted by atomic mass is 9.88. The summed E-state index contributed by atoms with van der Waals surface area (Å²) in [6, 6.07) is 64.2. The molecule has 2 nitrogen and oxygen atoms in total. The molecule has 0 aliphatic carbocycles. The zero-order valence-corrected chi connectivity index (χ0v) is 27.5. The van der Waals surface area contributed by atoms with E-state index in [4.69, 9.17) is 0 Å². The summed E-state index contributed by atoms with van der Waals surface area (Å²) in [6.45, 7) is 0. The quantitative estimate of drug-likeness (QED) is 0.148. The van der Waals surface area contributed by atoms with Gasteiger partial charge in [0.25, 0.3) is 0 Å². The number of rotatable bonds is 4. The lowest BCUT2D eigenvalue weighted by Crippen LogP contribution is -2.39. The summed E-state index contributed by atoms with van der Waals surface area (Å²) in [7, 11) is 0. The first-order chi connectivity index (χ1) is 24.8. The molecule has 2 unspecified atom stereocenters. The molecule has 10 rings (SSSR count). The van der Waals surface area contributed by atoms with Crippen molar-refractivity contribution in [3.63, 3.8) is 0 Å². The Labute approximate surface area is 291 Å². The van der Waals surface area contributed by atoms with E-state index in [1.807, 2.05) is 0 Å². The third-order valence-electron chi connectivity index (χ3n) is 10.5. The summed E-state index contributed by atoms with van der Waals surface area (Å²) >= 11 is 0. The first-order valence-corrected chi connectivity index (χ1v) is 17.4. The van der Waals surface area contributed by atoms with Gasteiger partial charge in [-0.25, -0.2) is 0 Å². The lowest BCUT2D eigenvalue weighted by molar-refractivity contribution is 0.444. The molecule has 50 heavy (non-hydrogen) atoms. The molecule has 1 heterocycles. The van der Waals surface area contributed by atoms with Gasteiger partial charge >= 0.3 is 0 Å². The van der Waals surface area contributed by atoms with Crippen LogP contribution in [0.1, 0.15) is 28.9 Å². The summed E-state index contributed by atoms with van der Waals surface area (Å²) in [5, 5.41) is 20.6. The minimum absolute atomic E-state index is 0.0145. The molecule has 1 aliphatic rings. The van der Waals surface area contributed by atoms with Crippen LogP contribution in [0.15, 0.2) is 182 Å². The van der Waals surface area contributed by atoms with E-state index in [9.17, 15) is 0 Å². The smallest absolute Gasteiger partial charge is 0.104 e. The fourth-order valence-corrected chi connectivity index (χ4v) is 8.14. The number of hydrogen-bond acceptors (Lipinski definition) is 2. The van der Waals surface area contributed by atoms with Crippen LogP contribution in [0.2, 0.25) is 0 Å². The zero-order valence-electron chi connectivity index (χ0n) is 27.5. The van der Waals surface area contributed by atoms with Crippen molar-refractivity contribution >= 4 is 59.6 Å². The van der Waals surface area contributed by atoms with Crippen molar-refractivity contribution < 1.29 is 0 Å². The second-order valence-electron chi connectivity index (χ2n) is 13.4. The third kappa shape index (κ3) is 4.76. The molecule has 236 valence electrons. The van der Waals surface area contributed by atoms with E-state index in [1.54, 1.807) is 0 Å².